The molecule has 1 N–H and O–H groups in total. The lowest BCUT2D eigenvalue weighted by Gasteiger charge is -2.31. The SMILES string of the molecule is Cc1ccc(CCN/C=C(/C#N)C(=O)N(C)C2CCCCC2)cc1. The molecule has 4 nitrogen and oxygen atoms in total. The Morgan fingerprint density at radius 3 is 2.58 bits per heavy atom. The van der Waals surface area contributed by atoms with Gasteiger partial charge in [-0.1, -0.05) is 49.1 Å². The second-order valence-electron chi connectivity index (χ2n) is 6.57. The molecule has 0 spiro atoms. The van der Waals surface area contributed by atoms with E-state index in [0.717, 1.165) is 19.3 Å². The largest absolute Gasteiger partial charge is 0.389 e. The van der Waals surface area contributed by atoms with Crippen LogP contribution in [0.5, 0.6) is 0 Å². The summed E-state index contributed by atoms with van der Waals surface area (Å²) in [6.45, 7) is 2.77. The quantitative estimate of drug-likeness (QED) is 0.496. The average Bonchev–Trinajstić information content (AvgIpc) is 2.63. The van der Waals surface area contributed by atoms with Gasteiger partial charge in [-0.25, -0.2) is 0 Å². The Bertz CT molecular complexity index is 607. The van der Waals surface area contributed by atoms with E-state index in [0.29, 0.717) is 6.54 Å². The van der Waals surface area contributed by atoms with Crippen LogP contribution in [0.15, 0.2) is 36.0 Å². The van der Waals surface area contributed by atoms with Crippen molar-refractivity contribution in [1.82, 2.24) is 10.2 Å². The molecule has 1 aliphatic rings. The van der Waals surface area contributed by atoms with E-state index in [1.54, 1.807) is 11.1 Å². The predicted octanol–water partition coefficient (Wildman–Crippen LogP) is 3.33. The molecule has 0 unspecified atom stereocenters. The van der Waals surface area contributed by atoms with Crippen LogP contribution in [0.4, 0.5) is 0 Å². The molecule has 0 aromatic heterocycles. The van der Waals surface area contributed by atoms with Crippen molar-refractivity contribution in [2.24, 2.45) is 0 Å². The number of benzene rings is 1. The molecular weight excluding hydrogens is 298 g/mol. The maximum atomic E-state index is 12.5. The molecule has 1 aliphatic carbocycles. The van der Waals surface area contributed by atoms with Crippen molar-refractivity contribution in [2.75, 3.05) is 13.6 Å². The van der Waals surface area contributed by atoms with E-state index in [2.05, 4.69) is 36.5 Å². The molecule has 1 aromatic rings. The summed E-state index contributed by atoms with van der Waals surface area (Å²) >= 11 is 0. The molecule has 0 atom stereocenters. The first-order valence-corrected chi connectivity index (χ1v) is 8.78. The number of hydrogen-bond acceptors (Lipinski definition) is 3. The molecule has 0 heterocycles. The number of nitrogens with zero attached hydrogens (tertiary/aromatic N) is 2. The fourth-order valence-corrected chi connectivity index (χ4v) is 3.11. The third-order valence-corrected chi connectivity index (χ3v) is 4.72. The lowest BCUT2D eigenvalue weighted by Crippen LogP contribution is -2.39. The number of aryl methyl sites for hydroxylation is 1. The van der Waals surface area contributed by atoms with Gasteiger partial charge in [0.1, 0.15) is 11.6 Å². The van der Waals surface area contributed by atoms with Crippen molar-refractivity contribution in [3.8, 4) is 6.07 Å². The molecule has 1 aromatic carbocycles. The van der Waals surface area contributed by atoms with Crippen molar-refractivity contribution in [2.45, 2.75) is 51.5 Å². The highest BCUT2D eigenvalue weighted by Crippen LogP contribution is 2.22. The standard InChI is InChI=1S/C20H27N3O/c1-16-8-10-17(11-9-16)12-13-22-15-18(14-21)20(24)23(2)19-6-4-3-5-7-19/h8-11,15,19,22H,3-7,12-13H2,1-2H3/b18-15-. The van der Waals surface area contributed by atoms with Gasteiger partial charge in [0.2, 0.25) is 0 Å². The molecule has 1 saturated carbocycles. The van der Waals surface area contributed by atoms with E-state index in [9.17, 15) is 10.1 Å². The first-order chi connectivity index (χ1) is 11.6. The summed E-state index contributed by atoms with van der Waals surface area (Å²) in [6, 6.07) is 10.7. The van der Waals surface area contributed by atoms with Crippen molar-refractivity contribution < 1.29 is 4.79 Å². The van der Waals surface area contributed by atoms with Crippen LogP contribution < -0.4 is 5.32 Å². The Balaban J connectivity index is 1.85. The zero-order valence-electron chi connectivity index (χ0n) is 14.7. The van der Waals surface area contributed by atoms with Crippen molar-refractivity contribution >= 4 is 5.91 Å². The highest BCUT2D eigenvalue weighted by Gasteiger charge is 2.24. The number of carbonyl (C=O) groups is 1. The summed E-state index contributed by atoms with van der Waals surface area (Å²) in [5, 5.41) is 12.4. The normalized spacial score (nSPS) is 15.6. The number of likely N-dealkylation sites (N-methyl/N-ethyl adjacent to an activating group) is 1. The Morgan fingerprint density at radius 1 is 1.29 bits per heavy atom. The van der Waals surface area contributed by atoms with Gasteiger partial charge >= 0.3 is 0 Å². The van der Waals surface area contributed by atoms with Gasteiger partial charge < -0.3 is 10.2 Å². The number of nitriles is 1. The van der Waals surface area contributed by atoms with E-state index in [1.807, 2.05) is 13.1 Å². The Hall–Kier alpha value is -2.28. The maximum absolute atomic E-state index is 12.5. The molecule has 128 valence electrons. The van der Waals surface area contributed by atoms with Crippen LogP contribution in [0.2, 0.25) is 0 Å². The van der Waals surface area contributed by atoms with Gasteiger partial charge in [-0.3, -0.25) is 4.79 Å². The van der Waals surface area contributed by atoms with Crippen LogP contribution in [0.25, 0.3) is 0 Å². The molecule has 0 aliphatic heterocycles. The van der Waals surface area contributed by atoms with Gasteiger partial charge in [0.05, 0.1) is 0 Å². The Morgan fingerprint density at radius 2 is 1.96 bits per heavy atom. The summed E-state index contributed by atoms with van der Waals surface area (Å²) in [7, 11) is 1.82. The zero-order chi connectivity index (χ0) is 17.4. The van der Waals surface area contributed by atoms with Gasteiger partial charge in [-0.05, 0) is 31.7 Å². The molecule has 0 saturated heterocycles. The number of hydrogen-bond donors (Lipinski definition) is 1. The summed E-state index contributed by atoms with van der Waals surface area (Å²) in [4.78, 5) is 14.2. The lowest BCUT2D eigenvalue weighted by atomic mass is 9.94. The molecular formula is C20H27N3O. The predicted molar refractivity (Wildman–Crippen MR) is 96.2 cm³/mol. The molecule has 0 bridgehead atoms. The molecule has 24 heavy (non-hydrogen) atoms. The first kappa shape index (κ1) is 18.1. The minimum Gasteiger partial charge on any atom is -0.389 e. The maximum Gasteiger partial charge on any atom is 0.265 e. The number of rotatable bonds is 6. The van der Waals surface area contributed by atoms with E-state index in [4.69, 9.17) is 0 Å². The van der Waals surface area contributed by atoms with Crippen molar-refractivity contribution in [3.05, 3.63) is 47.2 Å². The zero-order valence-corrected chi connectivity index (χ0v) is 14.7. The fraction of sp³-hybridized carbons (Fsp3) is 0.500. The summed E-state index contributed by atoms with van der Waals surface area (Å²) in [6.07, 6.45) is 8.10. The minimum atomic E-state index is -0.174. The van der Waals surface area contributed by atoms with E-state index in [1.165, 1.54) is 30.4 Å². The summed E-state index contributed by atoms with van der Waals surface area (Å²) < 4.78 is 0. The molecule has 4 heteroatoms. The van der Waals surface area contributed by atoms with Gasteiger partial charge in [0, 0.05) is 25.8 Å². The van der Waals surface area contributed by atoms with Crippen LogP contribution in [-0.4, -0.2) is 30.4 Å². The average molecular weight is 325 g/mol. The van der Waals surface area contributed by atoms with Crippen LogP contribution in [0, 0.1) is 18.3 Å². The highest BCUT2D eigenvalue weighted by atomic mass is 16.2. The second-order valence-corrected chi connectivity index (χ2v) is 6.57. The Kier molecular flexibility index (Phi) is 6.87. The van der Waals surface area contributed by atoms with Crippen LogP contribution in [0.3, 0.4) is 0 Å². The third-order valence-electron chi connectivity index (χ3n) is 4.72. The third kappa shape index (κ3) is 5.13. The van der Waals surface area contributed by atoms with E-state index >= 15 is 0 Å². The van der Waals surface area contributed by atoms with Gasteiger partial charge in [0.25, 0.3) is 5.91 Å². The van der Waals surface area contributed by atoms with E-state index < -0.39 is 0 Å². The smallest absolute Gasteiger partial charge is 0.265 e. The van der Waals surface area contributed by atoms with E-state index in [-0.39, 0.29) is 17.5 Å². The van der Waals surface area contributed by atoms with Crippen molar-refractivity contribution in [1.29, 1.82) is 5.26 Å². The van der Waals surface area contributed by atoms with Gasteiger partial charge in [-0.15, -0.1) is 0 Å². The van der Waals surface area contributed by atoms with Crippen molar-refractivity contribution in [3.63, 3.8) is 0 Å². The molecule has 1 amide bonds. The van der Waals surface area contributed by atoms with Crippen LogP contribution >= 0.6 is 0 Å². The fourth-order valence-electron chi connectivity index (χ4n) is 3.11. The highest BCUT2D eigenvalue weighted by molar-refractivity contribution is 5.97. The number of carbonyl (C=O) groups excluding carboxylic acids is 1. The molecule has 1 fully saturated rings. The number of amides is 1. The lowest BCUT2D eigenvalue weighted by molar-refractivity contribution is -0.128. The van der Waals surface area contributed by atoms with Gasteiger partial charge in [-0.2, -0.15) is 5.26 Å². The second kappa shape index (κ2) is 9.12. The van der Waals surface area contributed by atoms with Gasteiger partial charge in [0.15, 0.2) is 0 Å². The first-order valence-electron chi connectivity index (χ1n) is 8.78. The summed E-state index contributed by atoms with van der Waals surface area (Å²) in [5.74, 6) is -0.174. The molecule has 0 radical (unpaired) electrons. The minimum absolute atomic E-state index is 0.174. The van der Waals surface area contributed by atoms with Crippen LogP contribution in [-0.2, 0) is 11.2 Å². The summed E-state index contributed by atoms with van der Waals surface area (Å²) in [5.41, 5.74) is 2.67. The molecule has 2 rings (SSSR count). The van der Waals surface area contributed by atoms with Crippen LogP contribution in [0.1, 0.15) is 43.2 Å². The monoisotopic (exact) mass is 325 g/mol. The Labute approximate surface area is 145 Å². The topological polar surface area (TPSA) is 56.1 Å². The number of nitrogens with one attached hydrogen (secondary N) is 1.